The minimum absolute atomic E-state index is 0.106. The van der Waals surface area contributed by atoms with Gasteiger partial charge < -0.3 is 15.0 Å². The zero-order chi connectivity index (χ0) is 15.5. The van der Waals surface area contributed by atoms with Crippen molar-refractivity contribution in [1.82, 2.24) is 4.90 Å². The van der Waals surface area contributed by atoms with E-state index in [0.717, 1.165) is 31.9 Å². The number of hydrogen-bond donors (Lipinski definition) is 1. The number of carbonyl (C=O) groups excluding carboxylic acids is 1. The van der Waals surface area contributed by atoms with Gasteiger partial charge in [0.2, 0.25) is 5.91 Å². The van der Waals surface area contributed by atoms with Crippen molar-refractivity contribution >= 4 is 11.6 Å². The molecule has 0 saturated carbocycles. The van der Waals surface area contributed by atoms with Crippen LogP contribution in [0.15, 0.2) is 24.3 Å². The van der Waals surface area contributed by atoms with Gasteiger partial charge in [-0.15, -0.1) is 0 Å². The number of benzene rings is 1. The Labute approximate surface area is 127 Å². The van der Waals surface area contributed by atoms with Crippen LogP contribution in [-0.4, -0.2) is 43.2 Å². The molecule has 1 aromatic carbocycles. The minimum atomic E-state index is -0.622. The summed E-state index contributed by atoms with van der Waals surface area (Å²) in [7, 11) is 1.87. The number of hydrogen-bond acceptors (Lipinski definition) is 3. The van der Waals surface area contributed by atoms with Crippen LogP contribution in [0.2, 0.25) is 0 Å². The van der Waals surface area contributed by atoms with Gasteiger partial charge >= 0.3 is 0 Å². The summed E-state index contributed by atoms with van der Waals surface area (Å²) in [6.45, 7) is 8.25. The van der Waals surface area contributed by atoms with Crippen LogP contribution in [0.5, 0.6) is 0 Å². The molecule has 4 nitrogen and oxygen atoms in total. The minimum Gasteiger partial charge on any atom is -0.381 e. The zero-order valence-electron chi connectivity index (χ0n) is 13.5. The van der Waals surface area contributed by atoms with E-state index in [1.54, 1.807) is 0 Å². The Morgan fingerprint density at radius 1 is 1.38 bits per heavy atom. The Morgan fingerprint density at radius 3 is 2.62 bits per heavy atom. The first-order chi connectivity index (χ1) is 9.88. The van der Waals surface area contributed by atoms with E-state index >= 15 is 0 Å². The molecule has 0 radical (unpaired) electrons. The molecule has 0 spiro atoms. The van der Waals surface area contributed by atoms with E-state index in [1.165, 1.54) is 5.56 Å². The highest BCUT2D eigenvalue weighted by atomic mass is 16.5. The van der Waals surface area contributed by atoms with Crippen molar-refractivity contribution in [3.63, 3.8) is 0 Å². The number of ether oxygens (including phenoxy) is 1. The molecule has 1 aliphatic heterocycles. The molecule has 1 amide bonds. The van der Waals surface area contributed by atoms with Gasteiger partial charge in [-0.2, -0.15) is 0 Å². The van der Waals surface area contributed by atoms with Gasteiger partial charge in [0, 0.05) is 31.8 Å². The first kappa shape index (κ1) is 15.8. The fourth-order valence-electron chi connectivity index (χ4n) is 2.73. The van der Waals surface area contributed by atoms with E-state index in [2.05, 4.69) is 12.2 Å². The van der Waals surface area contributed by atoms with Gasteiger partial charge in [-0.3, -0.25) is 4.79 Å². The van der Waals surface area contributed by atoms with Gasteiger partial charge in [0.05, 0.1) is 6.61 Å². The van der Waals surface area contributed by atoms with E-state index in [1.807, 2.05) is 50.1 Å². The lowest BCUT2D eigenvalue weighted by Gasteiger charge is -2.32. The lowest BCUT2D eigenvalue weighted by Crippen LogP contribution is -2.49. The fourth-order valence-corrected chi connectivity index (χ4v) is 2.73. The molecule has 1 unspecified atom stereocenters. The highest BCUT2D eigenvalue weighted by molar-refractivity contribution is 5.88. The summed E-state index contributed by atoms with van der Waals surface area (Å²) in [5, 5.41) is 3.33. The third kappa shape index (κ3) is 4.21. The quantitative estimate of drug-likeness (QED) is 0.906. The van der Waals surface area contributed by atoms with E-state index in [0.29, 0.717) is 5.92 Å². The molecule has 1 aliphatic rings. The average Bonchev–Trinajstić information content (AvgIpc) is 2.93. The Bertz CT molecular complexity index is 476. The Morgan fingerprint density at radius 2 is 2.05 bits per heavy atom. The van der Waals surface area contributed by atoms with Crippen LogP contribution >= 0.6 is 0 Å². The molecule has 1 aromatic rings. The molecule has 0 aromatic heterocycles. The molecule has 1 N–H and O–H groups in total. The summed E-state index contributed by atoms with van der Waals surface area (Å²) < 4.78 is 5.38. The van der Waals surface area contributed by atoms with Crippen LogP contribution < -0.4 is 5.32 Å². The van der Waals surface area contributed by atoms with Crippen LogP contribution in [-0.2, 0) is 9.53 Å². The second kappa shape index (κ2) is 6.48. The molecule has 1 saturated heterocycles. The highest BCUT2D eigenvalue weighted by Gasteiger charge is 2.31. The Hall–Kier alpha value is -1.55. The maximum Gasteiger partial charge on any atom is 0.247 e. The summed E-state index contributed by atoms with van der Waals surface area (Å²) >= 11 is 0. The summed E-state index contributed by atoms with van der Waals surface area (Å²) in [4.78, 5) is 14.5. The van der Waals surface area contributed by atoms with Gasteiger partial charge in [0.1, 0.15) is 5.54 Å². The second-order valence-corrected chi connectivity index (χ2v) is 6.53. The molecule has 0 aliphatic carbocycles. The topological polar surface area (TPSA) is 41.6 Å². The maximum atomic E-state index is 12.6. The van der Waals surface area contributed by atoms with Crippen LogP contribution in [0.4, 0.5) is 5.69 Å². The van der Waals surface area contributed by atoms with Crippen molar-refractivity contribution in [2.75, 3.05) is 32.1 Å². The first-order valence-electron chi connectivity index (χ1n) is 7.56. The smallest absolute Gasteiger partial charge is 0.247 e. The Balaban J connectivity index is 1.96. The number of anilines is 1. The van der Waals surface area contributed by atoms with Gasteiger partial charge in [-0.1, -0.05) is 17.7 Å². The predicted octanol–water partition coefficient (Wildman–Crippen LogP) is 2.68. The van der Waals surface area contributed by atoms with Gasteiger partial charge in [0.25, 0.3) is 0 Å². The first-order valence-corrected chi connectivity index (χ1v) is 7.56. The molecular formula is C17H26N2O2. The summed E-state index contributed by atoms with van der Waals surface area (Å²) in [5.41, 5.74) is 1.56. The van der Waals surface area contributed by atoms with E-state index in [-0.39, 0.29) is 5.91 Å². The monoisotopic (exact) mass is 290 g/mol. The summed E-state index contributed by atoms with van der Waals surface area (Å²) in [5.74, 6) is 0.573. The molecule has 1 atom stereocenters. The number of aryl methyl sites for hydroxylation is 1. The number of nitrogens with zero attached hydrogens (tertiary/aromatic N) is 1. The van der Waals surface area contributed by atoms with Crippen molar-refractivity contribution < 1.29 is 9.53 Å². The van der Waals surface area contributed by atoms with Crippen LogP contribution in [0, 0.1) is 12.8 Å². The van der Waals surface area contributed by atoms with Crippen LogP contribution in [0.25, 0.3) is 0 Å². The Kier molecular flexibility index (Phi) is 4.88. The lowest BCUT2D eigenvalue weighted by atomic mass is 10.0. The standard InChI is InChI=1S/C17H26N2O2/c1-13-5-7-15(8-6-13)18-17(2,3)16(20)19(4)11-14-9-10-21-12-14/h5-8,14,18H,9-12H2,1-4H3. The third-order valence-electron chi connectivity index (χ3n) is 3.95. The van der Waals surface area contributed by atoms with Gasteiger partial charge in [-0.05, 0) is 39.3 Å². The molecule has 21 heavy (non-hydrogen) atoms. The second-order valence-electron chi connectivity index (χ2n) is 6.53. The molecule has 116 valence electrons. The summed E-state index contributed by atoms with van der Waals surface area (Å²) in [6.07, 6.45) is 1.05. The molecule has 1 fully saturated rings. The third-order valence-corrected chi connectivity index (χ3v) is 3.95. The van der Waals surface area contributed by atoms with E-state index < -0.39 is 5.54 Å². The van der Waals surface area contributed by atoms with Crippen molar-refractivity contribution in [2.45, 2.75) is 32.7 Å². The van der Waals surface area contributed by atoms with Crippen molar-refractivity contribution in [2.24, 2.45) is 5.92 Å². The molecule has 2 rings (SSSR count). The predicted molar refractivity (Wildman–Crippen MR) is 85.4 cm³/mol. The normalized spacial score (nSPS) is 18.6. The van der Waals surface area contributed by atoms with Crippen LogP contribution in [0.1, 0.15) is 25.8 Å². The maximum absolute atomic E-state index is 12.6. The van der Waals surface area contributed by atoms with Crippen molar-refractivity contribution in [3.8, 4) is 0 Å². The molecule has 1 heterocycles. The largest absolute Gasteiger partial charge is 0.381 e. The molecule has 4 heteroatoms. The molecular weight excluding hydrogens is 264 g/mol. The number of rotatable bonds is 5. The number of likely N-dealkylation sites (N-methyl/N-ethyl adjacent to an activating group) is 1. The van der Waals surface area contributed by atoms with E-state index in [4.69, 9.17) is 4.74 Å². The van der Waals surface area contributed by atoms with Crippen LogP contribution in [0.3, 0.4) is 0 Å². The highest BCUT2D eigenvalue weighted by Crippen LogP contribution is 2.20. The van der Waals surface area contributed by atoms with Gasteiger partial charge in [-0.25, -0.2) is 0 Å². The SMILES string of the molecule is Cc1ccc(NC(C)(C)C(=O)N(C)CC2CCOC2)cc1. The summed E-state index contributed by atoms with van der Waals surface area (Å²) in [6, 6.07) is 8.11. The van der Waals surface area contributed by atoms with Crippen molar-refractivity contribution in [3.05, 3.63) is 29.8 Å². The number of carbonyl (C=O) groups is 1. The number of nitrogens with one attached hydrogen (secondary N) is 1. The van der Waals surface area contributed by atoms with Gasteiger partial charge in [0.15, 0.2) is 0 Å². The zero-order valence-corrected chi connectivity index (χ0v) is 13.5. The molecule has 0 bridgehead atoms. The lowest BCUT2D eigenvalue weighted by molar-refractivity contribution is -0.134. The average molecular weight is 290 g/mol. The number of amides is 1. The van der Waals surface area contributed by atoms with Crippen molar-refractivity contribution in [1.29, 1.82) is 0 Å². The van der Waals surface area contributed by atoms with E-state index in [9.17, 15) is 4.79 Å². The fraction of sp³-hybridized carbons (Fsp3) is 0.588.